The molecule has 1 aromatic carbocycles. The standard InChI is InChI=1S/C13H15N3O3/c1-2-5-14-7-12-15-16-13(19-12)9-3-4-10-11(6-9)18-8-17-10/h3-4,6,14H,2,5,7-8H2,1H3. The predicted octanol–water partition coefficient (Wildman–Crippen LogP) is 1.96. The van der Waals surface area contributed by atoms with Crippen molar-refractivity contribution in [1.82, 2.24) is 15.5 Å². The number of nitrogens with one attached hydrogen (secondary N) is 1. The van der Waals surface area contributed by atoms with Gasteiger partial charge in [0.05, 0.1) is 6.54 Å². The molecule has 1 aliphatic heterocycles. The summed E-state index contributed by atoms with van der Waals surface area (Å²) in [5.74, 6) is 2.53. The summed E-state index contributed by atoms with van der Waals surface area (Å²) in [5, 5.41) is 11.3. The second kappa shape index (κ2) is 5.27. The van der Waals surface area contributed by atoms with Crippen molar-refractivity contribution in [2.45, 2.75) is 19.9 Å². The molecule has 0 saturated carbocycles. The Hall–Kier alpha value is -2.08. The molecule has 0 radical (unpaired) electrons. The van der Waals surface area contributed by atoms with Crippen molar-refractivity contribution in [2.24, 2.45) is 0 Å². The van der Waals surface area contributed by atoms with Gasteiger partial charge in [-0.25, -0.2) is 0 Å². The van der Waals surface area contributed by atoms with Crippen molar-refractivity contribution in [1.29, 1.82) is 0 Å². The highest BCUT2D eigenvalue weighted by molar-refractivity contribution is 5.60. The number of fused-ring (bicyclic) bond motifs is 1. The lowest BCUT2D eigenvalue weighted by molar-refractivity contribution is 0.174. The topological polar surface area (TPSA) is 69.4 Å². The third kappa shape index (κ3) is 2.53. The molecule has 0 aliphatic carbocycles. The Morgan fingerprint density at radius 1 is 1.21 bits per heavy atom. The van der Waals surface area contributed by atoms with Crippen LogP contribution in [0, 0.1) is 0 Å². The monoisotopic (exact) mass is 261 g/mol. The van der Waals surface area contributed by atoms with E-state index in [9.17, 15) is 0 Å². The zero-order valence-corrected chi connectivity index (χ0v) is 10.7. The molecule has 0 spiro atoms. The van der Waals surface area contributed by atoms with E-state index in [1.165, 1.54) is 0 Å². The Bertz CT molecular complexity index is 568. The summed E-state index contributed by atoms with van der Waals surface area (Å²) in [5.41, 5.74) is 0.832. The van der Waals surface area contributed by atoms with Crippen LogP contribution in [0.5, 0.6) is 11.5 Å². The molecule has 1 aliphatic rings. The second-order valence-corrected chi connectivity index (χ2v) is 4.25. The zero-order chi connectivity index (χ0) is 13.1. The molecular weight excluding hydrogens is 246 g/mol. The minimum absolute atomic E-state index is 0.259. The zero-order valence-electron chi connectivity index (χ0n) is 10.7. The van der Waals surface area contributed by atoms with Gasteiger partial charge in [-0.1, -0.05) is 6.92 Å². The molecule has 1 N–H and O–H groups in total. The third-order valence-corrected chi connectivity index (χ3v) is 2.79. The molecule has 0 saturated heterocycles. The van der Waals surface area contributed by atoms with Crippen LogP contribution in [0.1, 0.15) is 19.2 Å². The first-order valence-electron chi connectivity index (χ1n) is 6.30. The van der Waals surface area contributed by atoms with Crippen LogP contribution in [0.25, 0.3) is 11.5 Å². The fourth-order valence-corrected chi connectivity index (χ4v) is 1.84. The summed E-state index contributed by atoms with van der Waals surface area (Å²) in [6, 6.07) is 5.57. The number of rotatable bonds is 5. The summed E-state index contributed by atoms with van der Waals surface area (Å²) in [7, 11) is 0. The highest BCUT2D eigenvalue weighted by Gasteiger charge is 2.16. The molecule has 0 atom stereocenters. The van der Waals surface area contributed by atoms with E-state index in [0.29, 0.717) is 24.1 Å². The summed E-state index contributed by atoms with van der Waals surface area (Å²) < 4.78 is 16.2. The maximum atomic E-state index is 5.59. The first-order chi connectivity index (χ1) is 9.36. The first kappa shape index (κ1) is 12.0. The lowest BCUT2D eigenvalue weighted by atomic mass is 10.2. The molecule has 2 heterocycles. The van der Waals surface area contributed by atoms with E-state index >= 15 is 0 Å². The van der Waals surface area contributed by atoms with Crippen molar-refractivity contribution < 1.29 is 13.9 Å². The van der Waals surface area contributed by atoms with Crippen LogP contribution in [0.2, 0.25) is 0 Å². The third-order valence-electron chi connectivity index (χ3n) is 2.79. The Morgan fingerprint density at radius 2 is 2.11 bits per heavy atom. The maximum absolute atomic E-state index is 5.59. The molecule has 1 aromatic heterocycles. The number of nitrogens with zero attached hydrogens (tertiary/aromatic N) is 2. The molecule has 0 amide bonds. The van der Waals surface area contributed by atoms with Gasteiger partial charge in [0, 0.05) is 5.56 Å². The average molecular weight is 261 g/mol. The van der Waals surface area contributed by atoms with Crippen molar-refractivity contribution in [2.75, 3.05) is 13.3 Å². The average Bonchev–Trinajstić information content (AvgIpc) is 3.06. The summed E-state index contributed by atoms with van der Waals surface area (Å²) in [4.78, 5) is 0. The van der Waals surface area contributed by atoms with Crippen molar-refractivity contribution in [3.63, 3.8) is 0 Å². The molecular formula is C13H15N3O3. The highest BCUT2D eigenvalue weighted by Crippen LogP contribution is 2.35. The van der Waals surface area contributed by atoms with Gasteiger partial charge < -0.3 is 19.2 Å². The largest absolute Gasteiger partial charge is 0.454 e. The van der Waals surface area contributed by atoms with Gasteiger partial charge in [0.15, 0.2) is 11.5 Å². The minimum atomic E-state index is 0.259. The van der Waals surface area contributed by atoms with E-state index < -0.39 is 0 Å². The molecule has 0 bridgehead atoms. The highest BCUT2D eigenvalue weighted by atomic mass is 16.7. The SMILES string of the molecule is CCCNCc1nnc(-c2ccc3c(c2)OCO3)o1. The Balaban J connectivity index is 1.75. The van der Waals surface area contributed by atoms with Gasteiger partial charge in [-0.15, -0.1) is 10.2 Å². The van der Waals surface area contributed by atoms with E-state index in [0.717, 1.165) is 24.3 Å². The lowest BCUT2D eigenvalue weighted by Gasteiger charge is -1.98. The summed E-state index contributed by atoms with van der Waals surface area (Å²) in [6.45, 7) is 3.89. The molecule has 3 rings (SSSR count). The molecule has 6 nitrogen and oxygen atoms in total. The Morgan fingerprint density at radius 3 is 3.00 bits per heavy atom. The number of ether oxygens (including phenoxy) is 2. The van der Waals surface area contributed by atoms with Gasteiger partial charge in [-0.05, 0) is 31.2 Å². The molecule has 0 fully saturated rings. The van der Waals surface area contributed by atoms with Gasteiger partial charge in [0.25, 0.3) is 0 Å². The predicted molar refractivity (Wildman–Crippen MR) is 67.9 cm³/mol. The van der Waals surface area contributed by atoms with Gasteiger partial charge in [-0.2, -0.15) is 0 Å². The van der Waals surface area contributed by atoms with Crippen molar-refractivity contribution in [3.8, 4) is 23.0 Å². The fraction of sp³-hybridized carbons (Fsp3) is 0.385. The molecule has 100 valence electrons. The number of hydrogen-bond acceptors (Lipinski definition) is 6. The normalized spacial score (nSPS) is 12.9. The van der Waals surface area contributed by atoms with Gasteiger partial charge in [-0.3, -0.25) is 0 Å². The van der Waals surface area contributed by atoms with Gasteiger partial charge in [0.1, 0.15) is 0 Å². The summed E-state index contributed by atoms with van der Waals surface area (Å²) in [6.07, 6.45) is 1.07. The first-order valence-corrected chi connectivity index (χ1v) is 6.30. The van der Waals surface area contributed by atoms with E-state index in [-0.39, 0.29) is 6.79 Å². The fourth-order valence-electron chi connectivity index (χ4n) is 1.84. The van der Waals surface area contributed by atoms with Crippen LogP contribution in [-0.4, -0.2) is 23.5 Å². The van der Waals surface area contributed by atoms with Crippen LogP contribution in [0.3, 0.4) is 0 Å². The van der Waals surface area contributed by atoms with Crippen LogP contribution < -0.4 is 14.8 Å². The van der Waals surface area contributed by atoms with Gasteiger partial charge >= 0.3 is 0 Å². The van der Waals surface area contributed by atoms with Crippen molar-refractivity contribution >= 4 is 0 Å². The maximum Gasteiger partial charge on any atom is 0.247 e. The van der Waals surface area contributed by atoms with Crippen LogP contribution in [0.15, 0.2) is 22.6 Å². The van der Waals surface area contributed by atoms with Crippen LogP contribution >= 0.6 is 0 Å². The Labute approximate surface area is 110 Å². The van der Waals surface area contributed by atoms with Crippen LogP contribution in [0.4, 0.5) is 0 Å². The van der Waals surface area contributed by atoms with Crippen molar-refractivity contribution in [3.05, 3.63) is 24.1 Å². The smallest absolute Gasteiger partial charge is 0.247 e. The molecule has 0 unspecified atom stereocenters. The number of aromatic nitrogens is 2. The summed E-state index contributed by atoms with van der Waals surface area (Å²) >= 11 is 0. The number of benzene rings is 1. The van der Waals surface area contributed by atoms with E-state index in [1.54, 1.807) is 0 Å². The van der Waals surface area contributed by atoms with E-state index in [4.69, 9.17) is 13.9 Å². The van der Waals surface area contributed by atoms with E-state index in [2.05, 4.69) is 22.4 Å². The van der Waals surface area contributed by atoms with E-state index in [1.807, 2.05) is 18.2 Å². The number of hydrogen-bond donors (Lipinski definition) is 1. The molecule has 2 aromatic rings. The van der Waals surface area contributed by atoms with Crippen LogP contribution in [-0.2, 0) is 6.54 Å². The lowest BCUT2D eigenvalue weighted by Crippen LogP contribution is -2.13. The quantitative estimate of drug-likeness (QED) is 0.830. The molecule has 6 heteroatoms. The van der Waals surface area contributed by atoms with Gasteiger partial charge in [0.2, 0.25) is 18.6 Å². The Kier molecular flexibility index (Phi) is 3.33. The molecule has 19 heavy (non-hydrogen) atoms. The minimum Gasteiger partial charge on any atom is -0.454 e. The second-order valence-electron chi connectivity index (χ2n) is 4.25.